The van der Waals surface area contributed by atoms with E-state index < -0.39 is 0 Å². The van der Waals surface area contributed by atoms with Gasteiger partial charge in [-0.2, -0.15) is 0 Å². The van der Waals surface area contributed by atoms with Crippen molar-refractivity contribution in [3.63, 3.8) is 0 Å². The van der Waals surface area contributed by atoms with E-state index in [0.29, 0.717) is 11.8 Å². The van der Waals surface area contributed by atoms with E-state index in [2.05, 4.69) is 22.0 Å². The zero-order valence-electron chi connectivity index (χ0n) is 13.6. The van der Waals surface area contributed by atoms with Crippen molar-refractivity contribution in [3.05, 3.63) is 30.1 Å². The SMILES string of the molecule is O=C1CCCN1CCC1CCOC12CN(Cc1ccncc1)C2. The maximum absolute atomic E-state index is 11.8. The molecule has 3 fully saturated rings. The Bertz CT molecular complexity index is 557. The van der Waals surface area contributed by atoms with Crippen LogP contribution in [0.2, 0.25) is 0 Å². The van der Waals surface area contributed by atoms with E-state index in [9.17, 15) is 4.79 Å². The van der Waals surface area contributed by atoms with Crippen LogP contribution < -0.4 is 0 Å². The minimum atomic E-state index is 0.0514. The molecule has 5 heteroatoms. The molecule has 0 aromatic carbocycles. The average molecular weight is 315 g/mol. The third-order valence-corrected chi connectivity index (χ3v) is 5.66. The number of likely N-dealkylation sites (tertiary alicyclic amines) is 2. The smallest absolute Gasteiger partial charge is 0.222 e. The zero-order valence-corrected chi connectivity index (χ0v) is 13.6. The molecule has 0 radical (unpaired) electrons. The van der Waals surface area contributed by atoms with Crippen LogP contribution in [0.1, 0.15) is 31.2 Å². The minimum absolute atomic E-state index is 0.0514. The van der Waals surface area contributed by atoms with Crippen molar-refractivity contribution >= 4 is 5.91 Å². The van der Waals surface area contributed by atoms with Gasteiger partial charge in [-0.1, -0.05) is 0 Å². The molecule has 23 heavy (non-hydrogen) atoms. The number of nitrogens with zero attached hydrogens (tertiary/aromatic N) is 3. The lowest BCUT2D eigenvalue weighted by Crippen LogP contribution is -2.64. The highest BCUT2D eigenvalue weighted by Crippen LogP contribution is 2.42. The summed E-state index contributed by atoms with van der Waals surface area (Å²) >= 11 is 0. The predicted octanol–water partition coefficient (Wildman–Crippen LogP) is 1.68. The molecule has 4 rings (SSSR count). The van der Waals surface area contributed by atoms with Gasteiger partial charge < -0.3 is 9.64 Å². The predicted molar refractivity (Wildman–Crippen MR) is 86.7 cm³/mol. The number of carbonyl (C=O) groups is 1. The lowest BCUT2D eigenvalue weighted by atomic mass is 9.78. The number of carbonyl (C=O) groups excluding carboxylic acids is 1. The van der Waals surface area contributed by atoms with Crippen molar-refractivity contribution < 1.29 is 9.53 Å². The second-order valence-electron chi connectivity index (χ2n) is 7.17. The van der Waals surface area contributed by atoms with Gasteiger partial charge in [-0.15, -0.1) is 0 Å². The number of hydrogen-bond acceptors (Lipinski definition) is 4. The van der Waals surface area contributed by atoms with E-state index in [1.54, 1.807) is 0 Å². The number of aromatic nitrogens is 1. The van der Waals surface area contributed by atoms with Crippen LogP contribution in [0.15, 0.2) is 24.5 Å². The van der Waals surface area contributed by atoms with E-state index in [-0.39, 0.29) is 5.60 Å². The molecule has 4 heterocycles. The maximum Gasteiger partial charge on any atom is 0.222 e. The number of hydrogen-bond donors (Lipinski definition) is 0. The monoisotopic (exact) mass is 315 g/mol. The molecule has 0 aliphatic carbocycles. The van der Waals surface area contributed by atoms with Crippen LogP contribution in [0.5, 0.6) is 0 Å². The Kier molecular flexibility index (Phi) is 4.07. The van der Waals surface area contributed by atoms with Gasteiger partial charge in [-0.05, 0) is 42.9 Å². The molecule has 3 aliphatic heterocycles. The summed E-state index contributed by atoms with van der Waals surface area (Å²) in [4.78, 5) is 20.3. The molecule has 1 aromatic rings. The summed E-state index contributed by atoms with van der Waals surface area (Å²) in [6.07, 6.45) is 7.72. The summed E-state index contributed by atoms with van der Waals surface area (Å²) in [5.74, 6) is 0.940. The Morgan fingerprint density at radius 3 is 2.87 bits per heavy atom. The topological polar surface area (TPSA) is 45.7 Å². The second-order valence-corrected chi connectivity index (χ2v) is 7.17. The molecular formula is C18H25N3O2. The molecule has 1 spiro atoms. The lowest BCUT2D eigenvalue weighted by Gasteiger charge is -2.50. The summed E-state index contributed by atoms with van der Waals surface area (Å²) in [5, 5.41) is 0. The van der Waals surface area contributed by atoms with Gasteiger partial charge in [0, 0.05) is 58.1 Å². The summed E-state index contributed by atoms with van der Waals surface area (Å²) in [7, 11) is 0. The van der Waals surface area contributed by atoms with Crippen LogP contribution >= 0.6 is 0 Å². The van der Waals surface area contributed by atoms with Crippen LogP contribution in [-0.2, 0) is 16.1 Å². The molecule has 0 N–H and O–H groups in total. The van der Waals surface area contributed by atoms with Gasteiger partial charge in [0.1, 0.15) is 0 Å². The fourth-order valence-corrected chi connectivity index (χ4v) is 4.36. The number of ether oxygens (including phenoxy) is 1. The van der Waals surface area contributed by atoms with E-state index in [1.165, 1.54) is 5.56 Å². The van der Waals surface area contributed by atoms with Crippen molar-refractivity contribution in [1.29, 1.82) is 0 Å². The van der Waals surface area contributed by atoms with Crippen LogP contribution in [0.4, 0.5) is 0 Å². The van der Waals surface area contributed by atoms with Gasteiger partial charge in [0.05, 0.1) is 5.60 Å². The normalized spacial score (nSPS) is 26.9. The highest BCUT2D eigenvalue weighted by molar-refractivity contribution is 5.77. The Labute approximate surface area is 137 Å². The average Bonchev–Trinajstić information content (AvgIpc) is 3.12. The van der Waals surface area contributed by atoms with Crippen LogP contribution in [-0.4, -0.2) is 59.1 Å². The van der Waals surface area contributed by atoms with Crippen molar-refractivity contribution in [2.45, 2.75) is 37.8 Å². The minimum Gasteiger partial charge on any atom is -0.372 e. The largest absolute Gasteiger partial charge is 0.372 e. The molecule has 1 aromatic heterocycles. The third kappa shape index (κ3) is 3.00. The highest BCUT2D eigenvalue weighted by atomic mass is 16.5. The Balaban J connectivity index is 1.29. The quantitative estimate of drug-likeness (QED) is 0.829. The van der Waals surface area contributed by atoms with Crippen molar-refractivity contribution in [2.75, 3.05) is 32.8 Å². The van der Waals surface area contributed by atoms with Crippen molar-refractivity contribution in [3.8, 4) is 0 Å². The first-order valence-electron chi connectivity index (χ1n) is 8.78. The van der Waals surface area contributed by atoms with Crippen LogP contribution in [0, 0.1) is 5.92 Å². The number of pyridine rings is 1. The number of rotatable bonds is 5. The van der Waals surface area contributed by atoms with Crippen LogP contribution in [0.3, 0.4) is 0 Å². The number of amides is 1. The van der Waals surface area contributed by atoms with Gasteiger partial charge in [-0.3, -0.25) is 14.7 Å². The maximum atomic E-state index is 11.8. The summed E-state index contributed by atoms with van der Waals surface area (Å²) in [5.41, 5.74) is 1.36. The van der Waals surface area contributed by atoms with Gasteiger partial charge in [0.25, 0.3) is 0 Å². The molecular weight excluding hydrogens is 290 g/mol. The second kappa shape index (κ2) is 6.21. The molecule has 1 amide bonds. The Morgan fingerprint density at radius 2 is 2.13 bits per heavy atom. The van der Waals surface area contributed by atoms with Crippen molar-refractivity contribution in [1.82, 2.24) is 14.8 Å². The molecule has 3 saturated heterocycles. The fourth-order valence-electron chi connectivity index (χ4n) is 4.36. The van der Waals surface area contributed by atoms with Crippen molar-refractivity contribution in [2.24, 2.45) is 5.92 Å². The van der Waals surface area contributed by atoms with E-state index >= 15 is 0 Å². The summed E-state index contributed by atoms with van der Waals surface area (Å²) in [6, 6.07) is 4.16. The summed E-state index contributed by atoms with van der Waals surface area (Å²) < 4.78 is 6.14. The molecule has 124 valence electrons. The molecule has 0 saturated carbocycles. The fraction of sp³-hybridized carbons (Fsp3) is 0.667. The van der Waals surface area contributed by atoms with Gasteiger partial charge in [0.2, 0.25) is 5.91 Å². The first kappa shape index (κ1) is 15.1. The van der Waals surface area contributed by atoms with Gasteiger partial charge in [-0.25, -0.2) is 0 Å². The lowest BCUT2D eigenvalue weighted by molar-refractivity contribution is -0.139. The third-order valence-electron chi connectivity index (χ3n) is 5.66. The van der Waals surface area contributed by atoms with Crippen LogP contribution in [0.25, 0.3) is 0 Å². The highest BCUT2D eigenvalue weighted by Gasteiger charge is 2.52. The first-order chi connectivity index (χ1) is 11.3. The van der Waals surface area contributed by atoms with E-state index in [0.717, 1.165) is 65.0 Å². The molecule has 1 unspecified atom stereocenters. The van der Waals surface area contributed by atoms with Gasteiger partial charge >= 0.3 is 0 Å². The van der Waals surface area contributed by atoms with E-state index in [1.807, 2.05) is 17.3 Å². The standard InChI is InChI=1S/C18H25N3O2/c22-17-2-1-9-21(17)10-5-16-6-11-23-18(16)13-20(14-18)12-15-3-7-19-8-4-15/h3-4,7-8,16H,1-2,5-6,9-14H2. The molecule has 3 aliphatic rings. The molecule has 0 bridgehead atoms. The zero-order chi connectivity index (χ0) is 15.7. The van der Waals surface area contributed by atoms with E-state index in [4.69, 9.17) is 4.74 Å². The Morgan fingerprint density at radius 1 is 1.30 bits per heavy atom. The first-order valence-corrected chi connectivity index (χ1v) is 8.78. The van der Waals surface area contributed by atoms with Gasteiger partial charge in [0.15, 0.2) is 0 Å². The summed E-state index contributed by atoms with van der Waals surface area (Å²) in [6.45, 7) is 5.76. The molecule has 1 atom stereocenters. The Hall–Kier alpha value is -1.46. The molecule has 5 nitrogen and oxygen atoms in total.